The number of piperazine rings is 1. The van der Waals surface area contributed by atoms with Crippen LogP contribution in [0.4, 0.5) is 0 Å². The van der Waals surface area contributed by atoms with Crippen molar-refractivity contribution in [3.05, 3.63) is 0 Å². The van der Waals surface area contributed by atoms with E-state index in [2.05, 4.69) is 51.3 Å². The van der Waals surface area contributed by atoms with Crippen LogP contribution in [0.15, 0.2) is 0 Å². The van der Waals surface area contributed by atoms with Gasteiger partial charge in [0, 0.05) is 31.2 Å². The van der Waals surface area contributed by atoms with Crippen molar-refractivity contribution >= 4 is 0 Å². The molecule has 2 aliphatic heterocycles. The Morgan fingerprint density at radius 3 is 2.16 bits per heavy atom. The summed E-state index contributed by atoms with van der Waals surface area (Å²) in [5, 5.41) is 0. The Morgan fingerprint density at radius 1 is 1.00 bits per heavy atom. The summed E-state index contributed by atoms with van der Waals surface area (Å²) in [5.41, 5.74) is 0.974. The molecule has 3 fully saturated rings. The van der Waals surface area contributed by atoms with Crippen molar-refractivity contribution in [1.29, 1.82) is 0 Å². The Morgan fingerprint density at radius 2 is 1.63 bits per heavy atom. The molecule has 0 bridgehead atoms. The number of nitrogens with zero attached hydrogens (tertiary/aromatic N) is 2. The van der Waals surface area contributed by atoms with Crippen molar-refractivity contribution in [2.75, 3.05) is 19.6 Å². The van der Waals surface area contributed by atoms with Crippen molar-refractivity contribution < 1.29 is 0 Å². The van der Waals surface area contributed by atoms with Gasteiger partial charge in [0.25, 0.3) is 0 Å². The second-order valence-corrected chi connectivity index (χ2v) is 8.65. The molecule has 0 N–H and O–H groups in total. The molecule has 2 saturated heterocycles. The number of fused-ring (bicyclic) bond motifs is 1. The molecule has 3 aliphatic rings. The van der Waals surface area contributed by atoms with E-state index in [9.17, 15) is 0 Å². The van der Waals surface area contributed by atoms with Crippen molar-refractivity contribution in [3.63, 3.8) is 0 Å². The summed E-state index contributed by atoms with van der Waals surface area (Å²) < 4.78 is 0. The first-order valence-electron chi connectivity index (χ1n) is 8.26. The van der Waals surface area contributed by atoms with Crippen LogP contribution >= 0.6 is 0 Å². The maximum Gasteiger partial charge on any atom is 0.0250 e. The summed E-state index contributed by atoms with van der Waals surface area (Å²) in [6.45, 7) is 18.7. The van der Waals surface area contributed by atoms with Gasteiger partial charge in [0.2, 0.25) is 0 Å². The van der Waals surface area contributed by atoms with Crippen molar-refractivity contribution in [2.45, 2.75) is 72.5 Å². The summed E-state index contributed by atoms with van der Waals surface area (Å²) in [7, 11) is 0. The SMILES string of the molecule is CC(C)C1CN2CCCC2CN1C1C(C)(C)C1(C)C. The van der Waals surface area contributed by atoms with E-state index < -0.39 is 0 Å². The van der Waals surface area contributed by atoms with Gasteiger partial charge in [0.05, 0.1) is 0 Å². The quantitative estimate of drug-likeness (QED) is 0.755. The average Bonchev–Trinajstić information content (AvgIpc) is 2.67. The Bertz CT molecular complexity index is 344. The third-order valence-electron chi connectivity index (χ3n) is 6.81. The fourth-order valence-electron chi connectivity index (χ4n) is 4.95. The van der Waals surface area contributed by atoms with Gasteiger partial charge in [0.15, 0.2) is 0 Å². The molecule has 2 unspecified atom stereocenters. The first kappa shape index (κ1) is 13.9. The number of rotatable bonds is 2. The smallest absolute Gasteiger partial charge is 0.0250 e. The van der Waals surface area contributed by atoms with E-state index in [-0.39, 0.29) is 0 Å². The molecule has 2 heteroatoms. The van der Waals surface area contributed by atoms with Crippen LogP contribution < -0.4 is 0 Å². The molecular weight excluding hydrogens is 232 g/mol. The lowest BCUT2D eigenvalue weighted by Gasteiger charge is -2.46. The van der Waals surface area contributed by atoms with Crippen LogP contribution in [0.3, 0.4) is 0 Å². The second-order valence-electron chi connectivity index (χ2n) is 8.65. The number of hydrogen-bond donors (Lipinski definition) is 0. The molecule has 2 atom stereocenters. The van der Waals surface area contributed by atoms with Gasteiger partial charge in [-0.05, 0) is 36.1 Å². The van der Waals surface area contributed by atoms with E-state index in [0.717, 1.165) is 24.0 Å². The minimum absolute atomic E-state index is 0.487. The van der Waals surface area contributed by atoms with E-state index in [1.165, 1.54) is 32.5 Å². The molecule has 0 aromatic heterocycles. The Balaban J connectivity index is 1.82. The highest BCUT2D eigenvalue weighted by molar-refractivity contribution is 5.20. The molecule has 0 aromatic carbocycles. The molecule has 19 heavy (non-hydrogen) atoms. The normalized spacial score (nSPS) is 38.7. The Hall–Kier alpha value is -0.0800. The number of hydrogen-bond acceptors (Lipinski definition) is 2. The molecule has 3 rings (SSSR count). The molecule has 0 aromatic rings. The van der Waals surface area contributed by atoms with Gasteiger partial charge in [-0.2, -0.15) is 0 Å². The molecule has 110 valence electrons. The van der Waals surface area contributed by atoms with Crippen molar-refractivity contribution in [2.24, 2.45) is 16.7 Å². The average molecular weight is 264 g/mol. The first-order valence-corrected chi connectivity index (χ1v) is 8.26. The lowest BCUT2D eigenvalue weighted by atomic mass is 9.96. The molecule has 0 radical (unpaired) electrons. The lowest BCUT2D eigenvalue weighted by Crippen LogP contribution is -2.59. The predicted molar refractivity (Wildman–Crippen MR) is 81.3 cm³/mol. The molecular formula is C17H32N2. The van der Waals surface area contributed by atoms with Crippen LogP contribution in [0, 0.1) is 16.7 Å². The van der Waals surface area contributed by atoms with Gasteiger partial charge < -0.3 is 0 Å². The lowest BCUT2D eigenvalue weighted by molar-refractivity contribution is 0.0121. The zero-order chi connectivity index (χ0) is 14.0. The van der Waals surface area contributed by atoms with Crippen LogP contribution in [0.5, 0.6) is 0 Å². The summed E-state index contributed by atoms with van der Waals surface area (Å²) >= 11 is 0. The standard InChI is InChI=1S/C17H32N2/c1-12(2)14-11-18-9-7-8-13(18)10-19(14)15-16(3,4)17(15,5)6/h12-15H,7-11H2,1-6H3. The topological polar surface area (TPSA) is 6.48 Å². The van der Waals surface area contributed by atoms with Crippen molar-refractivity contribution in [3.8, 4) is 0 Å². The molecule has 2 nitrogen and oxygen atoms in total. The van der Waals surface area contributed by atoms with Crippen LogP contribution in [0.1, 0.15) is 54.4 Å². The Kier molecular flexibility index (Phi) is 3.07. The van der Waals surface area contributed by atoms with Gasteiger partial charge in [-0.3, -0.25) is 9.80 Å². The molecule has 0 amide bonds. The molecule has 0 spiro atoms. The van der Waals surface area contributed by atoms with E-state index in [0.29, 0.717) is 10.8 Å². The molecule has 2 heterocycles. The highest BCUT2D eigenvalue weighted by Crippen LogP contribution is 2.66. The monoisotopic (exact) mass is 264 g/mol. The summed E-state index contributed by atoms with van der Waals surface area (Å²) in [6.07, 6.45) is 2.84. The van der Waals surface area contributed by atoms with Gasteiger partial charge in [-0.15, -0.1) is 0 Å². The first-order chi connectivity index (χ1) is 8.76. The minimum Gasteiger partial charge on any atom is -0.298 e. The Labute approximate surface area is 119 Å². The van der Waals surface area contributed by atoms with Crippen LogP contribution in [0.25, 0.3) is 0 Å². The predicted octanol–water partition coefficient (Wildman–Crippen LogP) is 3.23. The largest absolute Gasteiger partial charge is 0.298 e. The third kappa shape index (κ3) is 1.90. The fourth-order valence-corrected chi connectivity index (χ4v) is 4.95. The maximum absolute atomic E-state index is 2.90. The van der Waals surface area contributed by atoms with E-state index >= 15 is 0 Å². The van der Waals surface area contributed by atoms with Crippen LogP contribution in [0.2, 0.25) is 0 Å². The fraction of sp³-hybridized carbons (Fsp3) is 1.00. The van der Waals surface area contributed by atoms with Gasteiger partial charge >= 0.3 is 0 Å². The van der Waals surface area contributed by atoms with E-state index in [1.54, 1.807) is 0 Å². The summed E-state index contributed by atoms with van der Waals surface area (Å²) in [6, 6.07) is 2.40. The van der Waals surface area contributed by atoms with Crippen molar-refractivity contribution in [1.82, 2.24) is 9.80 Å². The van der Waals surface area contributed by atoms with Crippen LogP contribution in [-0.2, 0) is 0 Å². The second kappa shape index (κ2) is 4.21. The molecule has 1 saturated carbocycles. The minimum atomic E-state index is 0.487. The van der Waals surface area contributed by atoms with Gasteiger partial charge in [-0.1, -0.05) is 41.5 Å². The maximum atomic E-state index is 2.90. The third-order valence-corrected chi connectivity index (χ3v) is 6.81. The van der Waals surface area contributed by atoms with Crippen LogP contribution in [-0.4, -0.2) is 47.6 Å². The van der Waals surface area contributed by atoms with Gasteiger partial charge in [-0.25, -0.2) is 0 Å². The zero-order valence-corrected chi connectivity index (χ0v) is 13.7. The summed E-state index contributed by atoms with van der Waals surface area (Å²) in [4.78, 5) is 5.67. The zero-order valence-electron chi connectivity index (χ0n) is 13.7. The van der Waals surface area contributed by atoms with E-state index in [1.807, 2.05) is 0 Å². The highest BCUT2D eigenvalue weighted by Gasteiger charge is 2.68. The van der Waals surface area contributed by atoms with E-state index in [4.69, 9.17) is 0 Å². The summed E-state index contributed by atoms with van der Waals surface area (Å²) in [5.74, 6) is 0.772. The highest BCUT2D eigenvalue weighted by atomic mass is 15.4. The molecule has 1 aliphatic carbocycles. The van der Waals surface area contributed by atoms with Gasteiger partial charge in [0.1, 0.15) is 0 Å².